The van der Waals surface area contributed by atoms with Gasteiger partial charge < -0.3 is 19.5 Å². The fourth-order valence-corrected chi connectivity index (χ4v) is 3.91. The lowest BCUT2D eigenvalue weighted by atomic mass is 10.0. The first-order valence-electron chi connectivity index (χ1n) is 9.12. The second-order valence-corrected chi connectivity index (χ2v) is 7.28. The molecule has 0 saturated carbocycles. The van der Waals surface area contributed by atoms with E-state index in [1.165, 1.54) is 5.69 Å². The Bertz CT molecular complexity index is 801. The Labute approximate surface area is 154 Å². The number of phenolic OH excluding ortho intramolecular Hbond substituents is 1. The van der Waals surface area contributed by atoms with Crippen LogP contribution < -0.4 is 9.64 Å². The summed E-state index contributed by atoms with van der Waals surface area (Å²) < 4.78 is 10.8. The number of hydrogen-bond donors (Lipinski definition) is 1. The van der Waals surface area contributed by atoms with E-state index < -0.39 is 0 Å². The Morgan fingerprint density at radius 1 is 1.04 bits per heavy atom. The van der Waals surface area contributed by atoms with Gasteiger partial charge in [0.1, 0.15) is 0 Å². The van der Waals surface area contributed by atoms with Gasteiger partial charge in [-0.2, -0.15) is 0 Å². The number of fused-ring (bicyclic) bond motifs is 1. The van der Waals surface area contributed by atoms with E-state index in [4.69, 9.17) is 9.47 Å². The summed E-state index contributed by atoms with van der Waals surface area (Å²) in [5, 5.41) is 9.94. The van der Waals surface area contributed by atoms with Crippen molar-refractivity contribution in [2.24, 2.45) is 11.8 Å². The van der Waals surface area contributed by atoms with Crippen LogP contribution in [0, 0.1) is 18.8 Å². The summed E-state index contributed by atoms with van der Waals surface area (Å²) in [7, 11) is 1.57. The van der Waals surface area contributed by atoms with Gasteiger partial charge in [-0.3, -0.25) is 0 Å². The molecule has 4 rings (SSSR count). The maximum Gasteiger partial charge on any atom is 0.161 e. The number of nitrogens with zero attached hydrogens (tertiary/aromatic N) is 1. The minimum atomic E-state index is 0.204. The average molecular weight is 351 g/mol. The van der Waals surface area contributed by atoms with Gasteiger partial charge >= 0.3 is 0 Å². The van der Waals surface area contributed by atoms with Gasteiger partial charge in [0.05, 0.1) is 20.3 Å². The fraction of sp³-hybridized carbons (Fsp3) is 0.364. The Morgan fingerprint density at radius 2 is 1.69 bits per heavy atom. The Balaban J connectivity index is 1.46. The van der Waals surface area contributed by atoms with Gasteiger partial charge in [0.25, 0.3) is 0 Å². The third kappa shape index (κ3) is 3.29. The second kappa shape index (κ2) is 7.04. The largest absolute Gasteiger partial charge is 0.504 e. The summed E-state index contributed by atoms with van der Waals surface area (Å²) in [5.41, 5.74) is 4.26. The first-order chi connectivity index (χ1) is 12.6. The van der Waals surface area contributed by atoms with Gasteiger partial charge in [0.2, 0.25) is 0 Å². The van der Waals surface area contributed by atoms with E-state index in [1.807, 2.05) is 25.1 Å². The summed E-state index contributed by atoms with van der Waals surface area (Å²) >= 11 is 0. The number of aromatic hydroxyl groups is 1. The number of benzene rings is 2. The molecule has 2 aromatic carbocycles. The zero-order valence-corrected chi connectivity index (χ0v) is 15.3. The van der Waals surface area contributed by atoms with Crippen LogP contribution in [0.4, 0.5) is 5.69 Å². The highest BCUT2D eigenvalue weighted by Crippen LogP contribution is 2.33. The van der Waals surface area contributed by atoms with Crippen LogP contribution in [-0.2, 0) is 4.74 Å². The molecule has 2 fully saturated rings. The van der Waals surface area contributed by atoms with E-state index in [2.05, 4.69) is 35.2 Å². The van der Waals surface area contributed by atoms with Crippen LogP contribution in [0.15, 0.2) is 36.4 Å². The quantitative estimate of drug-likeness (QED) is 0.847. The van der Waals surface area contributed by atoms with Crippen LogP contribution in [0.3, 0.4) is 0 Å². The van der Waals surface area contributed by atoms with Crippen LogP contribution in [0.25, 0.3) is 12.2 Å². The predicted molar refractivity (Wildman–Crippen MR) is 105 cm³/mol. The molecule has 2 aliphatic rings. The third-order valence-corrected chi connectivity index (χ3v) is 5.47. The number of ether oxygens (including phenoxy) is 2. The summed E-state index contributed by atoms with van der Waals surface area (Å²) in [6.07, 6.45) is 4.13. The van der Waals surface area contributed by atoms with Crippen molar-refractivity contribution in [3.8, 4) is 11.5 Å². The van der Waals surface area contributed by atoms with Crippen molar-refractivity contribution >= 4 is 17.8 Å². The first-order valence-corrected chi connectivity index (χ1v) is 9.12. The number of anilines is 1. The molecule has 0 bridgehead atoms. The smallest absolute Gasteiger partial charge is 0.161 e. The Kier molecular flexibility index (Phi) is 4.60. The number of rotatable bonds is 4. The lowest BCUT2D eigenvalue weighted by molar-refractivity contribution is 0.177. The van der Waals surface area contributed by atoms with Gasteiger partial charge in [0, 0.05) is 30.6 Å². The van der Waals surface area contributed by atoms with Crippen molar-refractivity contribution in [3.63, 3.8) is 0 Å². The topological polar surface area (TPSA) is 41.9 Å². The van der Waals surface area contributed by atoms with Crippen molar-refractivity contribution < 1.29 is 14.6 Å². The molecule has 0 spiro atoms. The van der Waals surface area contributed by atoms with E-state index in [-0.39, 0.29) is 5.75 Å². The van der Waals surface area contributed by atoms with Crippen LogP contribution in [-0.4, -0.2) is 38.5 Å². The molecule has 2 heterocycles. The Morgan fingerprint density at radius 3 is 2.35 bits per heavy atom. The van der Waals surface area contributed by atoms with Crippen molar-refractivity contribution in [2.75, 3.05) is 38.3 Å². The summed E-state index contributed by atoms with van der Waals surface area (Å²) in [4.78, 5) is 2.47. The van der Waals surface area contributed by atoms with E-state index in [0.29, 0.717) is 17.6 Å². The Hall–Kier alpha value is -2.46. The number of aryl methyl sites for hydroxylation is 1. The summed E-state index contributed by atoms with van der Waals surface area (Å²) in [6, 6.07) is 12.5. The molecule has 0 amide bonds. The van der Waals surface area contributed by atoms with Crippen LogP contribution >= 0.6 is 0 Å². The van der Waals surface area contributed by atoms with Crippen LogP contribution in [0.2, 0.25) is 0 Å². The van der Waals surface area contributed by atoms with E-state index >= 15 is 0 Å². The summed E-state index contributed by atoms with van der Waals surface area (Å²) in [6.45, 7) is 5.91. The maximum absolute atomic E-state index is 9.94. The second-order valence-electron chi connectivity index (χ2n) is 7.28. The molecule has 0 aliphatic carbocycles. The standard InChI is InChI=1S/C22H25NO3/c1-15-9-17(10-21(25-2)22(15)24)4-3-16-5-7-20(8-6-16)23-11-18-13-26-14-19(18)12-23/h3-10,18-19,24H,11-14H2,1-2H3/b4-3+. The SMILES string of the molecule is COc1cc(/C=C/c2ccc(N3CC4COCC4C3)cc2)cc(C)c1O. The number of phenols is 1. The monoisotopic (exact) mass is 351 g/mol. The van der Waals surface area contributed by atoms with Crippen molar-refractivity contribution in [1.29, 1.82) is 0 Å². The number of methoxy groups -OCH3 is 1. The molecule has 0 aromatic heterocycles. The van der Waals surface area contributed by atoms with Gasteiger partial charge in [-0.25, -0.2) is 0 Å². The molecule has 2 unspecified atom stereocenters. The molecular formula is C22H25NO3. The molecule has 2 saturated heterocycles. The molecule has 26 heavy (non-hydrogen) atoms. The summed E-state index contributed by atoms with van der Waals surface area (Å²) in [5.74, 6) is 2.10. The highest BCUT2D eigenvalue weighted by atomic mass is 16.5. The average Bonchev–Trinajstić information content (AvgIpc) is 3.25. The van der Waals surface area contributed by atoms with E-state index in [9.17, 15) is 5.11 Å². The van der Waals surface area contributed by atoms with E-state index in [0.717, 1.165) is 43.0 Å². The van der Waals surface area contributed by atoms with Crippen molar-refractivity contribution in [2.45, 2.75) is 6.92 Å². The molecule has 0 radical (unpaired) electrons. The van der Waals surface area contributed by atoms with Crippen LogP contribution in [0.1, 0.15) is 16.7 Å². The molecule has 1 N–H and O–H groups in total. The minimum Gasteiger partial charge on any atom is -0.504 e. The lowest BCUT2D eigenvalue weighted by Crippen LogP contribution is -2.21. The molecule has 4 nitrogen and oxygen atoms in total. The van der Waals surface area contributed by atoms with Gasteiger partial charge in [-0.15, -0.1) is 0 Å². The third-order valence-electron chi connectivity index (χ3n) is 5.47. The van der Waals surface area contributed by atoms with Crippen molar-refractivity contribution in [1.82, 2.24) is 0 Å². The molecule has 136 valence electrons. The van der Waals surface area contributed by atoms with Crippen molar-refractivity contribution in [3.05, 3.63) is 53.1 Å². The minimum absolute atomic E-state index is 0.204. The highest BCUT2D eigenvalue weighted by Gasteiger charge is 2.37. The van der Waals surface area contributed by atoms with Gasteiger partial charge in [-0.05, 0) is 47.9 Å². The predicted octanol–water partition coefficient (Wildman–Crippen LogP) is 3.96. The highest BCUT2D eigenvalue weighted by molar-refractivity contribution is 5.72. The lowest BCUT2D eigenvalue weighted by Gasteiger charge is -2.19. The zero-order valence-electron chi connectivity index (χ0n) is 15.3. The molecule has 2 aliphatic heterocycles. The van der Waals surface area contributed by atoms with Crippen LogP contribution in [0.5, 0.6) is 11.5 Å². The molecule has 4 heteroatoms. The molecular weight excluding hydrogens is 326 g/mol. The van der Waals surface area contributed by atoms with Gasteiger partial charge in [0.15, 0.2) is 11.5 Å². The van der Waals surface area contributed by atoms with E-state index in [1.54, 1.807) is 7.11 Å². The maximum atomic E-state index is 9.94. The molecule has 2 aromatic rings. The van der Waals surface area contributed by atoms with Gasteiger partial charge in [-0.1, -0.05) is 24.3 Å². The number of hydrogen-bond acceptors (Lipinski definition) is 4. The molecule has 2 atom stereocenters. The zero-order chi connectivity index (χ0) is 18.1. The first kappa shape index (κ1) is 17.0. The fourth-order valence-electron chi connectivity index (χ4n) is 3.91. The normalized spacial score (nSPS) is 22.2.